The topological polar surface area (TPSA) is 118 Å². The predicted octanol–water partition coefficient (Wildman–Crippen LogP) is 1.47. The van der Waals surface area contributed by atoms with Crippen molar-refractivity contribution in [2.45, 2.75) is 24.2 Å². The Morgan fingerprint density at radius 1 is 1.19 bits per heavy atom. The maximum Gasteiger partial charge on any atom is 0.335 e. The molecule has 1 aromatic rings. The minimum atomic E-state index is -3.91. The fourth-order valence-corrected chi connectivity index (χ4v) is 3.80. The van der Waals surface area contributed by atoms with Crippen molar-refractivity contribution in [2.75, 3.05) is 13.1 Å². The van der Waals surface area contributed by atoms with E-state index in [0.29, 0.717) is 13.1 Å². The van der Waals surface area contributed by atoms with Gasteiger partial charge in [0.05, 0.1) is 15.4 Å². The number of aromatic carboxylic acids is 1. The van der Waals surface area contributed by atoms with E-state index < -0.39 is 32.2 Å². The van der Waals surface area contributed by atoms with Gasteiger partial charge in [0.2, 0.25) is 10.0 Å². The lowest BCUT2D eigenvalue weighted by Crippen LogP contribution is -2.35. The van der Waals surface area contributed by atoms with E-state index in [1.54, 1.807) is 0 Å². The molecule has 114 valence electrons. The zero-order valence-electron chi connectivity index (χ0n) is 11.1. The monoisotopic (exact) mass is 314 g/mol. The van der Waals surface area contributed by atoms with Gasteiger partial charge in [-0.3, -0.25) is 10.1 Å². The number of nitrogens with zero attached hydrogens (tertiary/aromatic N) is 2. The van der Waals surface area contributed by atoms with Crippen LogP contribution in [0.2, 0.25) is 0 Å². The summed E-state index contributed by atoms with van der Waals surface area (Å²) in [6.07, 6.45) is 2.38. The van der Waals surface area contributed by atoms with Crippen LogP contribution in [0.4, 0.5) is 5.69 Å². The average Bonchev–Trinajstić information content (AvgIpc) is 2.47. The fourth-order valence-electron chi connectivity index (χ4n) is 2.22. The van der Waals surface area contributed by atoms with Gasteiger partial charge in [0.1, 0.15) is 0 Å². The molecule has 1 saturated heterocycles. The lowest BCUT2D eigenvalue weighted by atomic mass is 10.2. The van der Waals surface area contributed by atoms with Gasteiger partial charge >= 0.3 is 5.97 Å². The minimum Gasteiger partial charge on any atom is -0.478 e. The molecule has 1 aliphatic heterocycles. The Balaban J connectivity index is 2.51. The third-order valence-electron chi connectivity index (χ3n) is 3.30. The van der Waals surface area contributed by atoms with Crippen molar-refractivity contribution in [1.29, 1.82) is 0 Å². The number of benzene rings is 1. The highest BCUT2D eigenvalue weighted by Crippen LogP contribution is 2.25. The number of piperidine rings is 1. The summed E-state index contributed by atoms with van der Waals surface area (Å²) < 4.78 is 26.1. The Bertz CT molecular complexity index is 647. The molecule has 1 aliphatic rings. The summed E-state index contributed by atoms with van der Waals surface area (Å²) in [6.45, 7) is 0.681. The van der Waals surface area contributed by atoms with Crippen molar-refractivity contribution in [2.24, 2.45) is 0 Å². The van der Waals surface area contributed by atoms with Crippen LogP contribution in [-0.4, -0.2) is 41.8 Å². The van der Waals surface area contributed by atoms with Crippen molar-refractivity contribution in [3.8, 4) is 0 Å². The second-order valence-corrected chi connectivity index (χ2v) is 6.68. The smallest absolute Gasteiger partial charge is 0.335 e. The van der Waals surface area contributed by atoms with Gasteiger partial charge in [0, 0.05) is 25.2 Å². The van der Waals surface area contributed by atoms with Crippen LogP contribution in [0.5, 0.6) is 0 Å². The zero-order chi connectivity index (χ0) is 15.6. The lowest BCUT2D eigenvalue weighted by molar-refractivity contribution is -0.385. The highest BCUT2D eigenvalue weighted by molar-refractivity contribution is 7.89. The van der Waals surface area contributed by atoms with Crippen molar-refractivity contribution in [3.63, 3.8) is 0 Å². The normalized spacial score (nSPS) is 16.6. The molecule has 0 amide bonds. The average molecular weight is 314 g/mol. The third kappa shape index (κ3) is 3.19. The summed E-state index contributed by atoms with van der Waals surface area (Å²) in [6, 6.07) is 2.70. The van der Waals surface area contributed by atoms with Crippen LogP contribution in [-0.2, 0) is 10.0 Å². The zero-order valence-corrected chi connectivity index (χ0v) is 11.9. The molecule has 2 rings (SSSR count). The summed E-state index contributed by atoms with van der Waals surface area (Å²) in [5.74, 6) is -1.41. The van der Waals surface area contributed by atoms with Crippen LogP contribution in [0.15, 0.2) is 23.1 Å². The van der Waals surface area contributed by atoms with Crippen LogP contribution in [0, 0.1) is 10.1 Å². The van der Waals surface area contributed by atoms with Gasteiger partial charge < -0.3 is 5.11 Å². The number of nitro groups is 1. The second-order valence-electron chi connectivity index (χ2n) is 4.74. The van der Waals surface area contributed by atoms with Crippen LogP contribution in [0.3, 0.4) is 0 Å². The molecule has 1 heterocycles. The summed E-state index contributed by atoms with van der Waals surface area (Å²) in [5, 5.41) is 19.8. The van der Waals surface area contributed by atoms with E-state index in [2.05, 4.69) is 0 Å². The molecule has 0 unspecified atom stereocenters. The van der Waals surface area contributed by atoms with E-state index in [1.165, 1.54) is 4.31 Å². The maximum atomic E-state index is 12.4. The number of carboxylic acid groups (broad SMARTS) is 1. The Morgan fingerprint density at radius 3 is 2.33 bits per heavy atom. The molecule has 0 aliphatic carbocycles. The quantitative estimate of drug-likeness (QED) is 0.664. The van der Waals surface area contributed by atoms with Crippen LogP contribution in [0.25, 0.3) is 0 Å². The molecule has 0 atom stereocenters. The number of rotatable bonds is 4. The molecule has 0 aromatic heterocycles. The number of hydrogen-bond acceptors (Lipinski definition) is 5. The third-order valence-corrected chi connectivity index (χ3v) is 5.18. The first kappa shape index (κ1) is 15.4. The van der Waals surface area contributed by atoms with E-state index in [0.717, 1.165) is 37.5 Å². The molecule has 1 fully saturated rings. The molecule has 0 spiro atoms. The molecule has 0 saturated carbocycles. The van der Waals surface area contributed by atoms with Gasteiger partial charge in [-0.15, -0.1) is 0 Å². The summed E-state index contributed by atoms with van der Waals surface area (Å²) in [4.78, 5) is 20.7. The minimum absolute atomic E-state index is 0.341. The van der Waals surface area contributed by atoms with Gasteiger partial charge in [-0.05, 0) is 18.9 Å². The van der Waals surface area contributed by atoms with E-state index in [4.69, 9.17) is 5.11 Å². The molecule has 0 bridgehead atoms. The van der Waals surface area contributed by atoms with E-state index in [9.17, 15) is 23.3 Å². The largest absolute Gasteiger partial charge is 0.478 e. The molecular weight excluding hydrogens is 300 g/mol. The number of sulfonamides is 1. The molecular formula is C12H14N2O6S. The first-order valence-electron chi connectivity index (χ1n) is 6.35. The summed E-state index contributed by atoms with van der Waals surface area (Å²) >= 11 is 0. The highest BCUT2D eigenvalue weighted by Gasteiger charge is 2.28. The molecule has 0 radical (unpaired) electrons. The number of nitro benzene ring substituents is 1. The van der Waals surface area contributed by atoms with Gasteiger partial charge in [-0.25, -0.2) is 13.2 Å². The van der Waals surface area contributed by atoms with Crippen LogP contribution < -0.4 is 0 Å². The van der Waals surface area contributed by atoms with Gasteiger partial charge in [-0.2, -0.15) is 4.31 Å². The number of non-ortho nitro benzene ring substituents is 1. The Hall–Kier alpha value is -2.00. The highest BCUT2D eigenvalue weighted by atomic mass is 32.2. The molecule has 1 N–H and O–H groups in total. The number of carboxylic acids is 1. The first-order valence-corrected chi connectivity index (χ1v) is 7.79. The SMILES string of the molecule is O=C(O)c1cc([N+](=O)[O-])cc(S(=O)(=O)N2CCCCC2)c1. The molecule has 9 heteroatoms. The predicted molar refractivity (Wildman–Crippen MR) is 72.7 cm³/mol. The molecule has 1 aromatic carbocycles. The Labute approximate surface area is 121 Å². The van der Waals surface area contributed by atoms with Crippen molar-refractivity contribution >= 4 is 21.7 Å². The van der Waals surface area contributed by atoms with Gasteiger partial charge in [0.15, 0.2) is 0 Å². The van der Waals surface area contributed by atoms with Crippen molar-refractivity contribution in [1.82, 2.24) is 4.31 Å². The Morgan fingerprint density at radius 2 is 1.81 bits per heavy atom. The van der Waals surface area contributed by atoms with E-state index >= 15 is 0 Å². The summed E-state index contributed by atoms with van der Waals surface area (Å²) in [5.41, 5.74) is -0.967. The number of hydrogen-bond donors (Lipinski definition) is 1. The van der Waals surface area contributed by atoms with Gasteiger partial charge in [-0.1, -0.05) is 6.42 Å². The maximum absolute atomic E-state index is 12.4. The Kier molecular flexibility index (Phi) is 4.24. The summed E-state index contributed by atoms with van der Waals surface area (Å²) in [7, 11) is -3.91. The van der Waals surface area contributed by atoms with Crippen molar-refractivity contribution < 1.29 is 23.2 Å². The standard InChI is InChI=1S/C12H14N2O6S/c15-12(16)9-6-10(14(17)18)8-11(7-9)21(19,20)13-4-2-1-3-5-13/h6-8H,1-5H2,(H,15,16). The first-order chi connectivity index (χ1) is 9.82. The lowest BCUT2D eigenvalue weighted by Gasteiger charge is -2.25. The van der Waals surface area contributed by atoms with Crippen molar-refractivity contribution in [3.05, 3.63) is 33.9 Å². The molecule has 8 nitrogen and oxygen atoms in total. The van der Waals surface area contributed by atoms with E-state index in [-0.39, 0.29) is 4.90 Å². The van der Waals surface area contributed by atoms with E-state index in [1.807, 2.05) is 0 Å². The molecule has 21 heavy (non-hydrogen) atoms. The number of carbonyl (C=O) groups is 1. The fraction of sp³-hybridized carbons (Fsp3) is 0.417. The second kappa shape index (κ2) is 5.78. The van der Waals surface area contributed by atoms with Crippen LogP contribution >= 0.6 is 0 Å². The van der Waals surface area contributed by atoms with Crippen LogP contribution in [0.1, 0.15) is 29.6 Å². The van der Waals surface area contributed by atoms with Gasteiger partial charge in [0.25, 0.3) is 5.69 Å².